The predicted octanol–water partition coefficient (Wildman–Crippen LogP) is 2.22. The van der Waals surface area contributed by atoms with Crippen LogP contribution in [0.25, 0.3) is 34.4 Å². The Bertz CT molecular complexity index is 1140. The summed E-state index contributed by atoms with van der Waals surface area (Å²) in [5, 5.41) is 9.68. The van der Waals surface area contributed by atoms with Gasteiger partial charge in [0.05, 0.1) is 12.3 Å². The van der Waals surface area contributed by atoms with E-state index in [1.165, 1.54) is 16.2 Å². The van der Waals surface area contributed by atoms with Crippen LogP contribution in [0, 0.1) is 0 Å². The lowest BCUT2D eigenvalue weighted by molar-refractivity contribution is 0.343. The van der Waals surface area contributed by atoms with Crippen LogP contribution in [0.15, 0.2) is 52.6 Å². The molecule has 0 saturated heterocycles. The van der Waals surface area contributed by atoms with Crippen LogP contribution < -0.4 is 5.56 Å². The smallest absolute Gasteiger partial charge is 0.287 e. The van der Waals surface area contributed by atoms with Gasteiger partial charge in [-0.2, -0.15) is 4.98 Å². The maximum atomic E-state index is 12.8. The number of benzene rings is 1. The molecule has 0 unspecified atom stereocenters. The first kappa shape index (κ1) is 15.7. The highest BCUT2D eigenvalue weighted by Crippen LogP contribution is 2.22. The number of imidazole rings is 2. The largest absolute Gasteiger partial charge is 0.392 e. The molecule has 0 aliphatic rings. The lowest BCUT2D eigenvalue weighted by Crippen LogP contribution is -2.13. The summed E-state index contributed by atoms with van der Waals surface area (Å²) in [6, 6.07) is 9.74. The van der Waals surface area contributed by atoms with Gasteiger partial charge in [-0.1, -0.05) is 42.1 Å². The van der Waals surface area contributed by atoms with Crippen molar-refractivity contribution in [2.75, 3.05) is 12.9 Å². The highest BCUT2D eigenvalue weighted by atomic mass is 32.2. The number of nitrogens with zero attached hydrogens (tertiary/aromatic N) is 4. The number of thioether (sulfide) groups is 1. The summed E-state index contributed by atoms with van der Waals surface area (Å²) in [6.45, 7) is -0.102. The fourth-order valence-electron chi connectivity index (χ4n) is 2.70. The third-order valence-electron chi connectivity index (χ3n) is 3.85. The van der Waals surface area contributed by atoms with E-state index in [9.17, 15) is 4.79 Å². The zero-order valence-electron chi connectivity index (χ0n) is 13.4. The molecule has 4 rings (SSSR count). The van der Waals surface area contributed by atoms with Gasteiger partial charge in [-0.05, 0) is 17.9 Å². The molecule has 1 aromatic carbocycles. The fourth-order valence-corrected chi connectivity index (χ4v) is 3.23. The van der Waals surface area contributed by atoms with Gasteiger partial charge < -0.3 is 10.1 Å². The lowest BCUT2D eigenvalue weighted by Gasteiger charge is -1.99. The van der Waals surface area contributed by atoms with Gasteiger partial charge >= 0.3 is 0 Å². The molecule has 0 bridgehead atoms. The maximum Gasteiger partial charge on any atom is 0.287 e. The number of fused-ring (bicyclic) bond motifs is 2. The molecule has 0 fully saturated rings. The van der Waals surface area contributed by atoms with Crippen molar-refractivity contribution >= 4 is 34.9 Å². The van der Waals surface area contributed by atoms with Crippen LogP contribution in [-0.2, 0) is 0 Å². The molecule has 0 aliphatic heterocycles. The Hall–Kier alpha value is -2.84. The molecular formula is C17H15N5O2S. The predicted molar refractivity (Wildman–Crippen MR) is 98.7 cm³/mol. The van der Waals surface area contributed by atoms with E-state index < -0.39 is 0 Å². The van der Waals surface area contributed by atoms with E-state index >= 15 is 0 Å². The van der Waals surface area contributed by atoms with Crippen LogP contribution in [0.3, 0.4) is 0 Å². The van der Waals surface area contributed by atoms with Gasteiger partial charge in [0.15, 0.2) is 16.3 Å². The third kappa shape index (κ3) is 2.55. The second-order valence-electron chi connectivity index (χ2n) is 5.35. The quantitative estimate of drug-likeness (QED) is 0.549. The van der Waals surface area contributed by atoms with E-state index in [1.54, 1.807) is 23.0 Å². The van der Waals surface area contributed by atoms with Gasteiger partial charge in [-0.25, -0.2) is 9.38 Å². The molecule has 0 amide bonds. The zero-order chi connectivity index (χ0) is 17.4. The van der Waals surface area contributed by atoms with E-state index in [-0.39, 0.29) is 12.2 Å². The van der Waals surface area contributed by atoms with Gasteiger partial charge in [0.2, 0.25) is 5.78 Å². The van der Waals surface area contributed by atoms with Crippen molar-refractivity contribution in [1.82, 2.24) is 23.9 Å². The summed E-state index contributed by atoms with van der Waals surface area (Å²) in [7, 11) is 0. The molecule has 3 aromatic heterocycles. The number of hydrogen-bond donors (Lipinski definition) is 2. The Morgan fingerprint density at radius 2 is 2.08 bits per heavy atom. The normalized spacial score (nSPS) is 11.9. The molecule has 8 heteroatoms. The average molecular weight is 353 g/mol. The van der Waals surface area contributed by atoms with Crippen molar-refractivity contribution in [2.24, 2.45) is 0 Å². The molecule has 126 valence electrons. The number of aromatic amines is 1. The van der Waals surface area contributed by atoms with Crippen molar-refractivity contribution < 1.29 is 5.11 Å². The van der Waals surface area contributed by atoms with Crippen LogP contribution in [-0.4, -0.2) is 41.9 Å². The van der Waals surface area contributed by atoms with Gasteiger partial charge in [0.1, 0.15) is 0 Å². The highest BCUT2D eigenvalue weighted by Gasteiger charge is 2.16. The molecule has 3 heterocycles. The van der Waals surface area contributed by atoms with Crippen molar-refractivity contribution in [3.05, 3.63) is 53.0 Å². The molecule has 7 nitrogen and oxygen atoms in total. The number of rotatable bonds is 4. The summed E-state index contributed by atoms with van der Waals surface area (Å²) < 4.78 is 3.18. The molecule has 0 radical (unpaired) electrons. The first-order valence-electron chi connectivity index (χ1n) is 7.63. The molecule has 2 N–H and O–H groups in total. The Balaban J connectivity index is 2.00. The highest BCUT2D eigenvalue weighted by molar-refractivity contribution is 7.98. The SMILES string of the molecule is CSc1nc2c(=O)n3cc(-c4ccccc4)[nH]c3nc2n1C=CCO. The summed E-state index contributed by atoms with van der Waals surface area (Å²) in [5.41, 5.74) is 2.30. The first-order valence-corrected chi connectivity index (χ1v) is 8.85. The zero-order valence-corrected chi connectivity index (χ0v) is 14.2. The van der Waals surface area contributed by atoms with Crippen molar-refractivity contribution in [1.29, 1.82) is 0 Å². The Morgan fingerprint density at radius 3 is 2.80 bits per heavy atom. The van der Waals surface area contributed by atoms with Crippen LogP contribution in [0.1, 0.15) is 0 Å². The molecule has 0 atom stereocenters. The summed E-state index contributed by atoms with van der Waals surface area (Å²) in [5.74, 6) is 0.447. The van der Waals surface area contributed by atoms with Gasteiger partial charge in [-0.15, -0.1) is 0 Å². The summed E-state index contributed by atoms with van der Waals surface area (Å²) >= 11 is 1.41. The Kier molecular flexibility index (Phi) is 3.90. The van der Waals surface area contributed by atoms with Crippen molar-refractivity contribution in [2.45, 2.75) is 5.16 Å². The molecule has 0 aliphatic carbocycles. The van der Waals surface area contributed by atoms with Gasteiger partial charge in [-0.3, -0.25) is 9.36 Å². The minimum absolute atomic E-state index is 0.102. The summed E-state index contributed by atoms with van der Waals surface area (Å²) in [6.07, 6.45) is 6.86. The maximum absolute atomic E-state index is 12.8. The lowest BCUT2D eigenvalue weighted by atomic mass is 10.2. The second-order valence-corrected chi connectivity index (χ2v) is 6.13. The van der Waals surface area contributed by atoms with Crippen LogP contribution in [0.4, 0.5) is 0 Å². The van der Waals surface area contributed by atoms with Gasteiger partial charge in [0, 0.05) is 12.4 Å². The number of hydrogen-bond acceptors (Lipinski definition) is 5. The fraction of sp³-hybridized carbons (Fsp3) is 0.118. The molecule has 25 heavy (non-hydrogen) atoms. The molecule has 0 spiro atoms. The Morgan fingerprint density at radius 1 is 1.28 bits per heavy atom. The minimum Gasteiger partial charge on any atom is -0.392 e. The topological polar surface area (TPSA) is 88.2 Å². The number of nitrogens with one attached hydrogen (secondary N) is 1. The van der Waals surface area contributed by atoms with Crippen LogP contribution in [0.2, 0.25) is 0 Å². The van der Waals surface area contributed by atoms with Crippen molar-refractivity contribution in [3.63, 3.8) is 0 Å². The van der Waals surface area contributed by atoms with Crippen LogP contribution >= 0.6 is 11.8 Å². The standard InChI is InChI=1S/C17H15N5O2S/c1-25-17-19-13-14(21(17)8-5-9-23)20-16-18-12(10-22(16)15(13)24)11-6-3-2-4-7-11/h2-8,10,23H,9H2,1H3,(H,18,20). The molecule has 0 saturated carbocycles. The summed E-state index contributed by atoms with van der Waals surface area (Å²) in [4.78, 5) is 25.0. The van der Waals surface area contributed by atoms with Gasteiger partial charge in [0.25, 0.3) is 5.56 Å². The van der Waals surface area contributed by atoms with E-state index in [1.807, 2.05) is 36.6 Å². The average Bonchev–Trinajstić information content (AvgIpc) is 3.23. The van der Waals surface area contributed by atoms with E-state index in [2.05, 4.69) is 15.0 Å². The number of aromatic nitrogens is 5. The van der Waals surface area contributed by atoms with E-state index in [0.29, 0.717) is 22.1 Å². The number of aliphatic hydroxyl groups excluding tert-OH is 1. The minimum atomic E-state index is -0.232. The molecule has 4 aromatic rings. The Labute approximate surface area is 146 Å². The first-order chi connectivity index (χ1) is 12.2. The molecular weight excluding hydrogens is 338 g/mol. The second kappa shape index (κ2) is 6.23. The monoisotopic (exact) mass is 353 g/mol. The van der Waals surface area contributed by atoms with E-state index in [0.717, 1.165) is 11.3 Å². The van der Waals surface area contributed by atoms with Crippen LogP contribution in [0.5, 0.6) is 0 Å². The van der Waals surface area contributed by atoms with E-state index in [4.69, 9.17) is 5.11 Å². The number of aliphatic hydroxyl groups is 1. The number of H-pyrrole nitrogens is 1. The van der Waals surface area contributed by atoms with Crippen molar-refractivity contribution in [3.8, 4) is 11.3 Å². The third-order valence-corrected chi connectivity index (χ3v) is 4.50.